The van der Waals surface area contributed by atoms with Gasteiger partial charge in [0.05, 0.1) is 22.9 Å². The van der Waals surface area contributed by atoms with Crippen molar-refractivity contribution in [3.05, 3.63) is 60.0 Å². The number of anilines is 1. The van der Waals surface area contributed by atoms with E-state index < -0.39 is 10.0 Å². The van der Waals surface area contributed by atoms with Gasteiger partial charge in [-0.15, -0.1) is 11.8 Å². The Labute approximate surface area is 191 Å². The first-order valence-electron chi connectivity index (χ1n) is 10.5. The lowest BCUT2D eigenvalue weighted by Crippen LogP contribution is -2.35. The van der Waals surface area contributed by atoms with Crippen molar-refractivity contribution in [1.29, 1.82) is 0 Å². The Morgan fingerprint density at radius 3 is 2.59 bits per heavy atom. The van der Waals surface area contributed by atoms with Crippen molar-refractivity contribution in [3.8, 4) is 11.5 Å². The largest absolute Gasteiger partial charge is 0.441 e. The van der Waals surface area contributed by atoms with Crippen molar-refractivity contribution in [2.24, 2.45) is 0 Å². The maximum absolute atomic E-state index is 13.1. The molecule has 166 valence electrons. The molecule has 3 aromatic rings. The van der Waals surface area contributed by atoms with E-state index in [0.29, 0.717) is 41.9 Å². The first kappa shape index (κ1) is 21.2. The highest BCUT2D eigenvalue weighted by atomic mass is 32.2. The second-order valence-corrected chi connectivity index (χ2v) is 10.9. The van der Waals surface area contributed by atoms with E-state index in [1.165, 1.54) is 16.1 Å². The van der Waals surface area contributed by atoms with E-state index in [2.05, 4.69) is 4.98 Å². The SMILES string of the molecule is Cc1oc(-c2ccccc2)nc1CN1C(=O)CSc2ccc(S(=O)(=O)N3CCCC3)cc21. The number of rotatable bonds is 5. The number of sulfonamides is 1. The molecule has 1 fully saturated rings. The smallest absolute Gasteiger partial charge is 0.243 e. The Morgan fingerprint density at radius 2 is 1.84 bits per heavy atom. The summed E-state index contributed by atoms with van der Waals surface area (Å²) in [5, 5.41) is 0. The van der Waals surface area contributed by atoms with Crippen LogP contribution in [0.25, 0.3) is 11.5 Å². The number of aryl methyl sites for hydroxylation is 1. The van der Waals surface area contributed by atoms with E-state index in [0.717, 1.165) is 23.3 Å². The number of aromatic nitrogens is 1. The summed E-state index contributed by atoms with van der Waals surface area (Å²) in [4.78, 5) is 20.2. The summed E-state index contributed by atoms with van der Waals surface area (Å²) in [5.74, 6) is 1.36. The van der Waals surface area contributed by atoms with Crippen LogP contribution in [0, 0.1) is 6.92 Å². The summed E-state index contributed by atoms with van der Waals surface area (Å²) < 4.78 is 33.5. The van der Waals surface area contributed by atoms with Gasteiger partial charge >= 0.3 is 0 Å². The van der Waals surface area contributed by atoms with E-state index in [9.17, 15) is 13.2 Å². The van der Waals surface area contributed by atoms with Gasteiger partial charge in [-0.3, -0.25) is 4.79 Å². The number of benzene rings is 2. The Bertz CT molecular complexity index is 1270. The molecule has 0 aliphatic carbocycles. The third kappa shape index (κ3) is 3.85. The van der Waals surface area contributed by atoms with E-state index in [-0.39, 0.29) is 17.3 Å². The van der Waals surface area contributed by atoms with Gasteiger partial charge in [0.25, 0.3) is 0 Å². The third-order valence-corrected chi connectivity index (χ3v) is 8.74. The van der Waals surface area contributed by atoms with Crippen LogP contribution < -0.4 is 4.90 Å². The highest BCUT2D eigenvalue weighted by Gasteiger charge is 2.31. The Kier molecular flexibility index (Phi) is 5.56. The summed E-state index contributed by atoms with van der Waals surface area (Å²) >= 11 is 1.43. The number of oxazole rings is 1. The number of amides is 1. The van der Waals surface area contributed by atoms with Gasteiger partial charge in [0.1, 0.15) is 11.5 Å². The minimum Gasteiger partial charge on any atom is -0.441 e. The van der Waals surface area contributed by atoms with Crippen molar-refractivity contribution in [2.75, 3.05) is 23.7 Å². The zero-order chi connectivity index (χ0) is 22.3. The molecule has 5 rings (SSSR count). The highest BCUT2D eigenvalue weighted by Crippen LogP contribution is 2.39. The molecule has 0 bridgehead atoms. The molecule has 7 nitrogen and oxygen atoms in total. The average molecular weight is 470 g/mol. The van der Waals surface area contributed by atoms with Crippen LogP contribution in [-0.4, -0.2) is 42.5 Å². The zero-order valence-electron chi connectivity index (χ0n) is 17.7. The number of carbonyl (C=O) groups is 1. The Balaban J connectivity index is 1.49. The van der Waals surface area contributed by atoms with Crippen molar-refractivity contribution in [1.82, 2.24) is 9.29 Å². The fraction of sp³-hybridized carbons (Fsp3) is 0.304. The lowest BCUT2D eigenvalue weighted by atomic mass is 10.2. The highest BCUT2D eigenvalue weighted by molar-refractivity contribution is 8.00. The van der Waals surface area contributed by atoms with Crippen LogP contribution in [0.15, 0.2) is 62.7 Å². The molecule has 0 atom stereocenters. The van der Waals surface area contributed by atoms with Crippen molar-refractivity contribution in [2.45, 2.75) is 36.1 Å². The molecular formula is C23H23N3O4S2. The Hall–Kier alpha value is -2.62. The monoisotopic (exact) mass is 469 g/mol. The summed E-state index contributed by atoms with van der Waals surface area (Å²) in [5.41, 5.74) is 2.12. The standard InChI is InChI=1S/C23H23N3O4S2/c1-16-19(24-23(30-16)17-7-3-2-4-8-17)14-26-20-13-18(9-10-21(20)31-15-22(26)27)32(28,29)25-11-5-6-12-25/h2-4,7-10,13H,5-6,11-12,14-15H2,1H3. The van der Waals surface area contributed by atoms with Crippen molar-refractivity contribution in [3.63, 3.8) is 0 Å². The molecule has 32 heavy (non-hydrogen) atoms. The van der Waals surface area contributed by atoms with Crippen LogP contribution in [-0.2, 0) is 21.4 Å². The fourth-order valence-corrected chi connectivity index (χ4v) is 6.48. The van der Waals surface area contributed by atoms with Gasteiger partial charge in [-0.25, -0.2) is 13.4 Å². The molecule has 0 saturated carbocycles. The summed E-state index contributed by atoms with van der Waals surface area (Å²) in [6, 6.07) is 14.7. The van der Waals surface area contributed by atoms with Crippen molar-refractivity contribution >= 4 is 33.4 Å². The quantitative estimate of drug-likeness (QED) is 0.560. The van der Waals surface area contributed by atoms with Crippen LogP contribution in [0.4, 0.5) is 5.69 Å². The zero-order valence-corrected chi connectivity index (χ0v) is 19.3. The minimum absolute atomic E-state index is 0.0816. The van der Waals surface area contributed by atoms with Crippen LogP contribution in [0.2, 0.25) is 0 Å². The first-order valence-corrected chi connectivity index (χ1v) is 12.9. The van der Waals surface area contributed by atoms with Crippen LogP contribution in [0.3, 0.4) is 0 Å². The van der Waals surface area contributed by atoms with Gasteiger partial charge in [0, 0.05) is 23.5 Å². The normalized spacial score (nSPS) is 17.0. The second-order valence-electron chi connectivity index (χ2n) is 7.90. The van der Waals surface area contributed by atoms with Crippen LogP contribution in [0.5, 0.6) is 0 Å². The predicted octanol–water partition coefficient (Wildman–Crippen LogP) is 4.07. The lowest BCUT2D eigenvalue weighted by Gasteiger charge is -2.29. The molecule has 3 heterocycles. The van der Waals surface area contributed by atoms with Gasteiger partial charge in [0.2, 0.25) is 21.8 Å². The second kappa shape index (κ2) is 8.38. The van der Waals surface area contributed by atoms with E-state index >= 15 is 0 Å². The molecule has 2 aromatic carbocycles. The maximum atomic E-state index is 13.1. The van der Waals surface area contributed by atoms with E-state index in [4.69, 9.17) is 4.42 Å². The number of hydrogen-bond donors (Lipinski definition) is 0. The molecule has 9 heteroatoms. The lowest BCUT2D eigenvalue weighted by molar-refractivity contribution is -0.116. The van der Waals surface area contributed by atoms with Crippen LogP contribution >= 0.6 is 11.8 Å². The minimum atomic E-state index is -3.57. The van der Waals surface area contributed by atoms with Crippen molar-refractivity contribution < 1.29 is 17.6 Å². The topological polar surface area (TPSA) is 83.7 Å². The van der Waals surface area contributed by atoms with Crippen LogP contribution in [0.1, 0.15) is 24.3 Å². The number of fused-ring (bicyclic) bond motifs is 1. The Morgan fingerprint density at radius 1 is 1.09 bits per heavy atom. The molecule has 2 aliphatic rings. The molecule has 0 spiro atoms. The van der Waals surface area contributed by atoms with Gasteiger partial charge in [0.15, 0.2) is 0 Å². The first-order chi connectivity index (χ1) is 15.4. The fourth-order valence-electron chi connectivity index (χ4n) is 4.02. The summed E-state index contributed by atoms with van der Waals surface area (Å²) in [7, 11) is -3.57. The molecular weight excluding hydrogens is 446 g/mol. The summed E-state index contributed by atoms with van der Waals surface area (Å²) in [6.07, 6.45) is 1.75. The molecule has 0 radical (unpaired) electrons. The third-order valence-electron chi connectivity index (χ3n) is 5.80. The predicted molar refractivity (Wildman–Crippen MR) is 123 cm³/mol. The summed E-state index contributed by atoms with van der Waals surface area (Å²) in [6.45, 7) is 3.13. The molecule has 1 saturated heterocycles. The van der Waals surface area contributed by atoms with Gasteiger partial charge < -0.3 is 9.32 Å². The van der Waals surface area contributed by atoms with Gasteiger partial charge in [-0.05, 0) is 50.1 Å². The molecule has 1 amide bonds. The number of carbonyl (C=O) groups excluding carboxylic acids is 1. The molecule has 0 unspecified atom stereocenters. The number of hydrogen-bond acceptors (Lipinski definition) is 6. The number of thioether (sulfide) groups is 1. The van der Waals surface area contributed by atoms with Gasteiger partial charge in [-0.2, -0.15) is 4.31 Å². The average Bonchev–Trinajstić information content (AvgIpc) is 3.47. The molecule has 0 N–H and O–H groups in total. The van der Waals surface area contributed by atoms with Gasteiger partial charge in [-0.1, -0.05) is 18.2 Å². The molecule has 2 aliphatic heterocycles. The molecule has 1 aromatic heterocycles. The van der Waals surface area contributed by atoms with E-state index in [1.54, 1.807) is 23.1 Å². The maximum Gasteiger partial charge on any atom is 0.243 e. The number of nitrogens with zero attached hydrogens (tertiary/aromatic N) is 3. The van der Waals surface area contributed by atoms with E-state index in [1.807, 2.05) is 37.3 Å².